The van der Waals surface area contributed by atoms with Gasteiger partial charge in [0.1, 0.15) is 23.6 Å². The third-order valence-corrected chi connectivity index (χ3v) is 11.3. The Labute approximate surface area is 274 Å². The zero-order valence-electron chi connectivity index (χ0n) is 25.7. The predicted molar refractivity (Wildman–Crippen MR) is 184 cm³/mol. The van der Waals surface area contributed by atoms with Crippen molar-refractivity contribution in [1.29, 1.82) is 0 Å². The number of nitrogens with one attached hydrogen (secondary N) is 4. The molecule has 4 aliphatic rings. The molecule has 4 atom stereocenters. The summed E-state index contributed by atoms with van der Waals surface area (Å²) in [6, 6.07) is 20.1. The Bertz CT molecular complexity index is 2200. The van der Waals surface area contributed by atoms with Crippen molar-refractivity contribution in [3.63, 3.8) is 0 Å². The van der Waals surface area contributed by atoms with E-state index in [-0.39, 0.29) is 12.3 Å². The van der Waals surface area contributed by atoms with Crippen LogP contribution in [-0.4, -0.2) is 43.8 Å². The highest BCUT2D eigenvalue weighted by atomic mass is 32.1. The van der Waals surface area contributed by atoms with E-state index < -0.39 is 6.17 Å². The molecule has 4 unspecified atom stereocenters. The summed E-state index contributed by atoms with van der Waals surface area (Å²) in [5.41, 5.74) is 7.87. The number of aromatic nitrogens is 5. The Hall–Kier alpha value is -4.51. The van der Waals surface area contributed by atoms with Crippen LogP contribution in [0.25, 0.3) is 43.4 Å². The zero-order valence-corrected chi connectivity index (χ0v) is 26.5. The molecule has 7 heterocycles. The molecule has 0 radical (unpaired) electrons. The smallest absolute Gasteiger partial charge is 0.212 e. The molecular weight excluding hydrogens is 610 g/mol. The van der Waals surface area contributed by atoms with Gasteiger partial charge in [-0.05, 0) is 79.6 Å². The quantitative estimate of drug-likeness (QED) is 0.153. The van der Waals surface area contributed by atoms with Crippen LogP contribution in [0.4, 0.5) is 4.39 Å². The van der Waals surface area contributed by atoms with Crippen molar-refractivity contribution < 1.29 is 9.13 Å². The number of ether oxygens (including phenoxy) is 1. The number of aromatic amines is 2. The number of halogens is 1. The summed E-state index contributed by atoms with van der Waals surface area (Å²) < 4.78 is 24.5. The number of allylic oxidation sites excluding steroid dienone is 3. The van der Waals surface area contributed by atoms with Gasteiger partial charge in [0.25, 0.3) is 0 Å². The van der Waals surface area contributed by atoms with E-state index in [0.717, 1.165) is 71.3 Å². The summed E-state index contributed by atoms with van der Waals surface area (Å²) in [4.78, 5) is 17.6. The number of hydrogen-bond acceptors (Lipinski definition) is 6. The van der Waals surface area contributed by atoms with Crippen molar-refractivity contribution in [2.24, 2.45) is 0 Å². The maximum absolute atomic E-state index is 13.9. The summed E-state index contributed by atoms with van der Waals surface area (Å²) in [5.74, 6) is 2.72. The van der Waals surface area contributed by atoms with Gasteiger partial charge in [0, 0.05) is 34.2 Å². The maximum atomic E-state index is 13.9. The van der Waals surface area contributed by atoms with Gasteiger partial charge in [0.2, 0.25) is 6.23 Å². The highest BCUT2D eigenvalue weighted by Crippen LogP contribution is 2.47. The number of fused-ring (bicyclic) bond motifs is 5. The average molecular weight is 644 g/mol. The van der Waals surface area contributed by atoms with Gasteiger partial charge < -0.3 is 29.9 Å². The molecule has 47 heavy (non-hydrogen) atoms. The Morgan fingerprint density at radius 1 is 0.894 bits per heavy atom. The van der Waals surface area contributed by atoms with Crippen LogP contribution in [0.15, 0.2) is 78.8 Å². The van der Waals surface area contributed by atoms with Crippen molar-refractivity contribution in [3.8, 4) is 11.3 Å². The first-order valence-electron chi connectivity index (χ1n) is 16.6. The van der Waals surface area contributed by atoms with Gasteiger partial charge >= 0.3 is 0 Å². The molecule has 236 valence electrons. The summed E-state index contributed by atoms with van der Waals surface area (Å²) >= 11 is 1.79. The Balaban J connectivity index is 1.06. The first-order valence-corrected chi connectivity index (χ1v) is 17.4. The van der Waals surface area contributed by atoms with Crippen LogP contribution < -0.4 is 10.6 Å². The minimum atomic E-state index is -0.828. The first-order chi connectivity index (χ1) is 23.1. The first kappa shape index (κ1) is 27.6. The minimum absolute atomic E-state index is 0.0747. The second-order valence-corrected chi connectivity index (χ2v) is 14.3. The lowest BCUT2D eigenvalue weighted by Gasteiger charge is -2.32. The molecule has 0 saturated carbocycles. The van der Waals surface area contributed by atoms with E-state index in [1.54, 1.807) is 11.3 Å². The van der Waals surface area contributed by atoms with Crippen LogP contribution in [-0.2, 0) is 4.74 Å². The zero-order chi connectivity index (χ0) is 31.1. The number of benzene rings is 2. The number of hydrogen-bond donors (Lipinski definition) is 4. The van der Waals surface area contributed by atoms with Crippen molar-refractivity contribution in [2.45, 2.75) is 56.6 Å². The van der Waals surface area contributed by atoms with Gasteiger partial charge in [-0.3, -0.25) is 0 Å². The Morgan fingerprint density at radius 2 is 1.77 bits per heavy atom. The van der Waals surface area contributed by atoms with Crippen molar-refractivity contribution in [3.05, 3.63) is 107 Å². The average Bonchev–Trinajstić information content (AvgIpc) is 3.94. The highest BCUT2D eigenvalue weighted by Gasteiger charge is 2.34. The number of nitrogens with zero attached hydrogens (tertiary/aromatic N) is 3. The summed E-state index contributed by atoms with van der Waals surface area (Å²) in [6.07, 6.45) is 9.37. The van der Waals surface area contributed by atoms with Gasteiger partial charge in [-0.15, -0.1) is 11.3 Å². The lowest BCUT2D eigenvalue weighted by molar-refractivity contribution is 0.0988. The molecule has 0 amide bonds. The fourth-order valence-electron chi connectivity index (χ4n) is 7.80. The van der Waals surface area contributed by atoms with Crippen LogP contribution >= 0.6 is 11.3 Å². The molecule has 8 nitrogen and oxygen atoms in total. The van der Waals surface area contributed by atoms with Gasteiger partial charge in [-0.1, -0.05) is 24.3 Å². The summed E-state index contributed by atoms with van der Waals surface area (Å²) in [6.45, 7) is 1.42. The molecular formula is C37H34FN7OS. The van der Waals surface area contributed by atoms with Crippen molar-refractivity contribution in [2.75, 3.05) is 13.1 Å². The fourth-order valence-corrected chi connectivity index (χ4v) is 8.89. The lowest BCUT2D eigenvalue weighted by atomic mass is 9.92. The van der Waals surface area contributed by atoms with E-state index in [1.807, 2.05) is 12.4 Å². The topological polar surface area (TPSA) is 95.6 Å². The SMILES string of the molecule is FC1CNC(c2ncc(C3=CC4=C(CC3)c3cc5cc(-c6cnc(C7CCCN7)[nH]6)ccc5n3C(c3cc5ccccc5s3)O4)[nH]2)C1. The van der Waals surface area contributed by atoms with Crippen molar-refractivity contribution in [1.82, 2.24) is 35.1 Å². The van der Waals surface area contributed by atoms with Gasteiger partial charge in [-0.2, -0.15) is 0 Å². The number of rotatable bonds is 5. The normalized spacial score (nSPS) is 24.1. The van der Waals surface area contributed by atoms with Crippen LogP contribution in [0.2, 0.25) is 0 Å². The molecule has 10 heteroatoms. The minimum Gasteiger partial charge on any atom is -0.465 e. The molecule has 4 aromatic heterocycles. The van der Waals surface area contributed by atoms with E-state index in [1.165, 1.54) is 38.0 Å². The van der Waals surface area contributed by atoms with E-state index in [2.05, 4.69) is 90.8 Å². The largest absolute Gasteiger partial charge is 0.465 e. The maximum Gasteiger partial charge on any atom is 0.212 e. The Kier molecular flexibility index (Phi) is 6.32. The molecule has 4 N–H and O–H groups in total. The van der Waals surface area contributed by atoms with Crippen LogP contribution in [0.5, 0.6) is 0 Å². The number of alkyl halides is 1. The molecule has 0 spiro atoms. The van der Waals surface area contributed by atoms with Crippen LogP contribution in [0.1, 0.15) is 78.3 Å². The van der Waals surface area contributed by atoms with Crippen LogP contribution in [0, 0.1) is 0 Å². The number of imidazole rings is 2. The fraction of sp³-hybridized carbons (Fsp3) is 0.297. The Morgan fingerprint density at radius 3 is 2.62 bits per heavy atom. The van der Waals surface area contributed by atoms with E-state index in [0.29, 0.717) is 19.0 Å². The molecule has 6 aromatic rings. The highest BCUT2D eigenvalue weighted by molar-refractivity contribution is 7.19. The van der Waals surface area contributed by atoms with E-state index in [9.17, 15) is 4.39 Å². The second-order valence-electron chi connectivity index (χ2n) is 13.1. The summed E-state index contributed by atoms with van der Waals surface area (Å²) in [5, 5.41) is 9.19. The molecule has 10 rings (SSSR count). The van der Waals surface area contributed by atoms with Gasteiger partial charge in [-0.25, -0.2) is 14.4 Å². The second kappa shape index (κ2) is 10.8. The summed E-state index contributed by atoms with van der Waals surface area (Å²) in [7, 11) is 0. The molecule has 2 aromatic carbocycles. The van der Waals surface area contributed by atoms with E-state index >= 15 is 0 Å². The van der Waals surface area contributed by atoms with E-state index in [4.69, 9.17) is 9.72 Å². The number of thiophene rings is 1. The lowest BCUT2D eigenvalue weighted by Crippen LogP contribution is -2.21. The third-order valence-electron chi connectivity index (χ3n) is 10.2. The standard InChI is InChI=1S/C37H34FN7OS/c38-24-16-27(40-17-24)36-42-19-29(44-36)21-7-9-25-31-13-23-12-20(28-18-41-35(43-28)26-5-3-11-39-26)8-10-30(23)45(31)37(46-32(25)14-21)34-15-22-4-1-2-6-33(22)47-34/h1-2,4,6,8,10,12-15,18-19,24,26-27,37,39-40H,3,5,7,9,11,16-17H2,(H,41,43)(H,42,44). The third kappa shape index (κ3) is 4.61. The molecule has 1 aliphatic carbocycles. The molecule has 0 bridgehead atoms. The molecule has 3 aliphatic heterocycles. The van der Waals surface area contributed by atoms with Crippen molar-refractivity contribution >= 4 is 43.5 Å². The predicted octanol–water partition coefficient (Wildman–Crippen LogP) is 7.93. The monoisotopic (exact) mass is 643 g/mol. The number of H-pyrrole nitrogens is 2. The van der Waals surface area contributed by atoms with Gasteiger partial charge in [0.15, 0.2) is 0 Å². The van der Waals surface area contributed by atoms with Crippen LogP contribution in [0.3, 0.4) is 0 Å². The molecule has 2 fully saturated rings. The van der Waals surface area contributed by atoms with Gasteiger partial charge in [0.05, 0.1) is 52.0 Å². The molecule has 2 saturated heterocycles.